The van der Waals surface area contributed by atoms with Crippen molar-refractivity contribution in [3.05, 3.63) is 43.7 Å². The summed E-state index contributed by atoms with van der Waals surface area (Å²) < 4.78 is 0. The summed E-state index contributed by atoms with van der Waals surface area (Å²) in [7, 11) is 0. The third-order valence-electron chi connectivity index (χ3n) is 1.91. The molecule has 1 aromatic heterocycles. The predicted molar refractivity (Wildman–Crippen MR) is 49.4 cm³/mol. The van der Waals surface area contributed by atoms with Crippen molar-refractivity contribution in [2.75, 3.05) is 0 Å². The van der Waals surface area contributed by atoms with E-state index in [0.29, 0.717) is 16.8 Å². The molecular formula is C8H10N4O. The molecule has 0 amide bonds. The number of hydrogen-bond donors (Lipinski definition) is 1. The van der Waals surface area contributed by atoms with Crippen LogP contribution >= 0.6 is 0 Å². The summed E-state index contributed by atoms with van der Waals surface area (Å²) in [6.07, 6.45) is 1.62. The third kappa shape index (κ3) is 1.89. The Kier molecular flexibility index (Phi) is 2.72. The van der Waals surface area contributed by atoms with Gasteiger partial charge in [0.1, 0.15) is 0 Å². The number of H-pyrrole nitrogens is 1. The molecule has 0 aromatic carbocycles. The molecule has 1 heterocycles. The fraction of sp³-hybridized carbons (Fsp3) is 0.375. The van der Waals surface area contributed by atoms with Gasteiger partial charge in [-0.3, -0.25) is 4.79 Å². The van der Waals surface area contributed by atoms with Gasteiger partial charge in [0.05, 0.1) is 6.54 Å². The van der Waals surface area contributed by atoms with Crippen LogP contribution in [0.4, 0.5) is 0 Å². The molecular weight excluding hydrogens is 168 g/mol. The first-order valence-electron chi connectivity index (χ1n) is 3.85. The predicted octanol–water partition coefficient (Wildman–Crippen LogP) is 1.80. The van der Waals surface area contributed by atoms with Crippen molar-refractivity contribution in [2.45, 2.75) is 20.4 Å². The van der Waals surface area contributed by atoms with Crippen LogP contribution in [0.25, 0.3) is 10.4 Å². The number of pyridine rings is 1. The standard InChI is InChI=1S/C8H10N4O/c1-5-3-10-7(4-11-12-9)6(2)8(5)13/h3H,4H2,1-2H3,(H,10,13). The Morgan fingerprint density at radius 2 is 2.31 bits per heavy atom. The van der Waals surface area contributed by atoms with Gasteiger partial charge in [0.2, 0.25) is 0 Å². The molecule has 0 saturated carbocycles. The molecule has 0 saturated heterocycles. The van der Waals surface area contributed by atoms with Crippen LogP contribution in [0.15, 0.2) is 16.1 Å². The van der Waals surface area contributed by atoms with E-state index in [9.17, 15) is 4.79 Å². The Hall–Kier alpha value is -1.74. The van der Waals surface area contributed by atoms with Gasteiger partial charge in [-0.15, -0.1) is 0 Å². The van der Waals surface area contributed by atoms with Gasteiger partial charge in [-0.1, -0.05) is 5.11 Å². The zero-order valence-electron chi connectivity index (χ0n) is 7.53. The van der Waals surface area contributed by atoms with E-state index < -0.39 is 0 Å². The van der Waals surface area contributed by atoms with E-state index in [1.807, 2.05) is 0 Å². The van der Waals surface area contributed by atoms with Crippen LogP contribution in [0.5, 0.6) is 0 Å². The minimum absolute atomic E-state index is 0.00175. The zero-order chi connectivity index (χ0) is 9.84. The molecule has 0 bridgehead atoms. The molecule has 0 fully saturated rings. The monoisotopic (exact) mass is 178 g/mol. The number of hydrogen-bond acceptors (Lipinski definition) is 2. The third-order valence-corrected chi connectivity index (χ3v) is 1.91. The maximum Gasteiger partial charge on any atom is 0.187 e. The molecule has 0 radical (unpaired) electrons. The number of nitrogens with one attached hydrogen (secondary N) is 1. The summed E-state index contributed by atoms with van der Waals surface area (Å²) in [5, 5.41) is 3.38. The highest BCUT2D eigenvalue weighted by molar-refractivity contribution is 5.23. The zero-order valence-corrected chi connectivity index (χ0v) is 7.53. The first-order chi connectivity index (χ1) is 6.16. The van der Waals surface area contributed by atoms with Crippen LogP contribution in [-0.2, 0) is 6.54 Å². The quantitative estimate of drug-likeness (QED) is 0.418. The Bertz CT molecular complexity index is 415. The summed E-state index contributed by atoms with van der Waals surface area (Å²) in [6, 6.07) is 0. The molecule has 68 valence electrons. The van der Waals surface area contributed by atoms with Crippen molar-refractivity contribution in [1.82, 2.24) is 4.98 Å². The Balaban J connectivity index is 3.18. The lowest BCUT2D eigenvalue weighted by Crippen LogP contribution is -2.12. The van der Waals surface area contributed by atoms with Crippen molar-refractivity contribution in [2.24, 2.45) is 5.11 Å². The second-order valence-electron chi connectivity index (χ2n) is 2.79. The van der Waals surface area contributed by atoms with Crippen LogP contribution in [-0.4, -0.2) is 4.98 Å². The Morgan fingerprint density at radius 1 is 1.62 bits per heavy atom. The van der Waals surface area contributed by atoms with Crippen molar-refractivity contribution >= 4 is 0 Å². The number of rotatable bonds is 2. The van der Waals surface area contributed by atoms with E-state index in [1.165, 1.54) is 0 Å². The van der Waals surface area contributed by atoms with Crippen molar-refractivity contribution in [1.29, 1.82) is 0 Å². The number of aryl methyl sites for hydroxylation is 1. The highest BCUT2D eigenvalue weighted by Gasteiger charge is 2.02. The molecule has 1 rings (SSSR count). The average Bonchev–Trinajstić information content (AvgIpc) is 2.13. The lowest BCUT2D eigenvalue weighted by Gasteiger charge is -2.02. The van der Waals surface area contributed by atoms with Crippen LogP contribution in [0.3, 0.4) is 0 Å². The molecule has 5 nitrogen and oxygen atoms in total. The molecule has 0 atom stereocenters. The fourth-order valence-electron chi connectivity index (χ4n) is 1.07. The van der Waals surface area contributed by atoms with Gasteiger partial charge in [-0.05, 0) is 19.4 Å². The van der Waals surface area contributed by atoms with E-state index >= 15 is 0 Å². The summed E-state index contributed by atoms with van der Waals surface area (Å²) in [6.45, 7) is 3.65. The van der Waals surface area contributed by atoms with Gasteiger partial charge in [-0.2, -0.15) is 0 Å². The van der Waals surface area contributed by atoms with Crippen LogP contribution in [0.1, 0.15) is 16.8 Å². The smallest absolute Gasteiger partial charge is 0.187 e. The highest BCUT2D eigenvalue weighted by atomic mass is 16.1. The lowest BCUT2D eigenvalue weighted by molar-refractivity contribution is 0.941. The van der Waals surface area contributed by atoms with Gasteiger partial charge < -0.3 is 4.98 Å². The first kappa shape index (κ1) is 9.35. The van der Waals surface area contributed by atoms with E-state index in [0.717, 1.165) is 0 Å². The van der Waals surface area contributed by atoms with Crippen molar-refractivity contribution in [3.63, 3.8) is 0 Å². The molecule has 0 aliphatic carbocycles. The van der Waals surface area contributed by atoms with Gasteiger partial charge in [0.25, 0.3) is 0 Å². The summed E-state index contributed by atoms with van der Waals surface area (Å²) in [5.74, 6) is 0. The molecule has 1 aromatic rings. The molecule has 13 heavy (non-hydrogen) atoms. The topological polar surface area (TPSA) is 81.6 Å². The van der Waals surface area contributed by atoms with Crippen molar-refractivity contribution in [3.8, 4) is 0 Å². The Morgan fingerprint density at radius 3 is 2.92 bits per heavy atom. The van der Waals surface area contributed by atoms with Gasteiger partial charge in [-0.25, -0.2) is 0 Å². The maximum atomic E-state index is 11.4. The van der Waals surface area contributed by atoms with Gasteiger partial charge in [0.15, 0.2) is 5.43 Å². The van der Waals surface area contributed by atoms with Gasteiger partial charge >= 0.3 is 0 Å². The molecule has 1 N–H and O–H groups in total. The van der Waals surface area contributed by atoms with Crippen LogP contribution in [0.2, 0.25) is 0 Å². The number of aromatic amines is 1. The largest absolute Gasteiger partial charge is 0.364 e. The summed E-state index contributed by atoms with van der Waals surface area (Å²) >= 11 is 0. The highest BCUT2D eigenvalue weighted by Crippen LogP contribution is 2.01. The van der Waals surface area contributed by atoms with E-state index in [4.69, 9.17) is 5.53 Å². The van der Waals surface area contributed by atoms with Crippen LogP contribution in [0, 0.1) is 13.8 Å². The van der Waals surface area contributed by atoms with Crippen LogP contribution < -0.4 is 5.43 Å². The fourth-order valence-corrected chi connectivity index (χ4v) is 1.07. The first-order valence-corrected chi connectivity index (χ1v) is 3.85. The minimum Gasteiger partial charge on any atom is -0.364 e. The maximum absolute atomic E-state index is 11.4. The molecule has 0 aliphatic heterocycles. The molecule has 0 spiro atoms. The molecule has 0 unspecified atom stereocenters. The Labute approximate surface area is 75.0 Å². The number of aromatic nitrogens is 1. The summed E-state index contributed by atoms with van der Waals surface area (Å²) in [4.78, 5) is 16.9. The average molecular weight is 178 g/mol. The SMILES string of the molecule is Cc1c[nH]c(CN=[N+]=[N-])c(C)c1=O. The lowest BCUT2D eigenvalue weighted by atomic mass is 10.1. The van der Waals surface area contributed by atoms with Crippen molar-refractivity contribution < 1.29 is 0 Å². The molecule has 5 heteroatoms. The second-order valence-corrected chi connectivity index (χ2v) is 2.79. The van der Waals surface area contributed by atoms with E-state index in [-0.39, 0.29) is 12.0 Å². The number of azide groups is 1. The van der Waals surface area contributed by atoms with E-state index in [2.05, 4.69) is 15.0 Å². The molecule has 0 aliphatic rings. The van der Waals surface area contributed by atoms with E-state index in [1.54, 1.807) is 20.0 Å². The number of nitrogens with zero attached hydrogens (tertiary/aromatic N) is 3. The minimum atomic E-state index is 0.00175. The summed E-state index contributed by atoms with van der Waals surface area (Å²) in [5.41, 5.74) is 10.1. The normalized spacial score (nSPS) is 9.38. The second kappa shape index (κ2) is 3.78. The van der Waals surface area contributed by atoms with Gasteiger partial charge in [0, 0.05) is 27.9 Å².